The minimum atomic E-state index is -0.346. The first-order valence-electron chi connectivity index (χ1n) is 10.1. The predicted octanol–water partition coefficient (Wildman–Crippen LogP) is 5.34. The minimum absolute atomic E-state index is 0.275. The molecule has 32 heavy (non-hydrogen) atoms. The SMILES string of the molecule is CCCOc1ccc(C(=O)N/N=C\c2cc(Cl)ccc2OCc2cccc(C#N)c2)cc1. The molecule has 7 heteroatoms. The molecule has 6 nitrogen and oxygen atoms in total. The maximum absolute atomic E-state index is 12.3. The summed E-state index contributed by atoms with van der Waals surface area (Å²) in [5.41, 5.74) is 5.00. The van der Waals surface area contributed by atoms with Gasteiger partial charge in [0.15, 0.2) is 0 Å². The second kappa shape index (κ2) is 11.5. The van der Waals surface area contributed by atoms with E-state index >= 15 is 0 Å². The number of hydrogen-bond donors (Lipinski definition) is 1. The Hall–Kier alpha value is -3.82. The fraction of sp³-hybridized carbons (Fsp3) is 0.160. The highest BCUT2D eigenvalue weighted by molar-refractivity contribution is 6.30. The van der Waals surface area contributed by atoms with Crippen molar-refractivity contribution in [2.24, 2.45) is 5.10 Å². The van der Waals surface area contributed by atoms with Gasteiger partial charge in [-0.3, -0.25) is 4.79 Å². The van der Waals surface area contributed by atoms with Gasteiger partial charge in [-0.15, -0.1) is 0 Å². The fourth-order valence-electron chi connectivity index (χ4n) is 2.79. The summed E-state index contributed by atoms with van der Waals surface area (Å²) in [6.07, 6.45) is 2.39. The molecule has 162 valence electrons. The summed E-state index contributed by atoms with van der Waals surface area (Å²) in [4.78, 5) is 12.3. The molecular weight excluding hydrogens is 426 g/mol. The second-order valence-corrected chi connectivity index (χ2v) is 7.29. The zero-order valence-corrected chi connectivity index (χ0v) is 18.3. The van der Waals surface area contributed by atoms with Gasteiger partial charge in [0.1, 0.15) is 18.1 Å². The molecule has 3 aromatic carbocycles. The van der Waals surface area contributed by atoms with Crippen LogP contribution in [0.2, 0.25) is 5.02 Å². The van der Waals surface area contributed by atoms with Crippen LogP contribution in [0.25, 0.3) is 0 Å². The van der Waals surface area contributed by atoms with Crippen LogP contribution in [0.5, 0.6) is 11.5 Å². The third-order valence-electron chi connectivity index (χ3n) is 4.38. The van der Waals surface area contributed by atoms with Gasteiger partial charge in [-0.25, -0.2) is 5.43 Å². The molecule has 3 rings (SSSR count). The lowest BCUT2D eigenvalue weighted by Gasteiger charge is -2.10. The minimum Gasteiger partial charge on any atom is -0.494 e. The third kappa shape index (κ3) is 6.59. The zero-order valence-electron chi connectivity index (χ0n) is 17.5. The Morgan fingerprint density at radius 3 is 2.69 bits per heavy atom. The van der Waals surface area contributed by atoms with Crippen molar-refractivity contribution < 1.29 is 14.3 Å². The summed E-state index contributed by atoms with van der Waals surface area (Å²) in [5, 5.41) is 13.6. The molecule has 0 spiro atoms. The maximum atomic E-state index is 12.3. The number of amides is 1. The molecule has 0 saturated carbocycles. The topological polar surface area (TPSA) is 83.7 Å². The van der Waals surface area contributed by atoms with E-state index in [-0.39, 0.29) is 12.5 Å². The number of hydrazone groups is 1. The Morgan fingerprint density at radius 2 is 1.94 bits per heavy atom. The lowest BCUT2D eigenvalue weighted by atomic mass is 10.1. The highest BCUT2D eigenvalue weighted by Gasteiger charge is 2.07. The van der Waals surface area contributed by atoms with Gasteiger partial charge < -0.3 is 9.47 Å². The van der Waals surface area contributed by atoms with Gasteiger partial charge in [0.25, 0.3) is 5.91 Å². The Kier molecular flexibility index (Phi) is 8.24. The number of nitrogens with zero attached hydrogens (tertiary/aromatic N) is 2. The van der Waals surface area contributed by atoms with E-state index in [9.17, 15) is 4.79 Å². The summed E-state index contributed by atoms with van der Waals surface area (Å²) in [6.45, 7) is 2.93. The van der Waals surface area contributed by atoms with Crippen molar-refractivity contribution in [1.29, 1.82) is 5.26 Å². The van der Waals surface area contributed by atoms with Crippen LogP contribution in [0.3, 0.4) is 0 Å². The van der Waals surface area contributed by atoms with E-state index in [0.717, 1.165) is 12.0 Å². The van der Waals surface area contributed by atoms with Crippen molar-refractivity contribution in [1.82, 2.24) is 5.43 Å². The molecule has 0 aliphatic heterocycles. The predicted molar refractivity (Wildman–Crippen MR) is 124 cm³/mol. The molecule has 1 N–H and O–H groups in total. The van der Waals surface area contributed by atoms with Crippen molar-refractivity contribution in [3.8, 4) is 17.6 Å². The van der Waals surface area contributed by atoms with E-state index < -0.39 is 0 Å². The van der Waals surface area contributed by atoms with Gasteiger partial charge in [-0.2, -0.15) is 10.4 Å². The van der Waals surface area contributed by atoms with Crippen LogP contribution < -0.4 is 14.9 Å². The number of ether oxygens (including phenoxy) is 2. The van der Waals surface area contributed by atoms with Crippen molar-refractivity contribution >= 4 is 23.7 Å². The number of carbonyl (C=O) groups is 1. The third-order valence-corrected chi connectivity index (χ3v) is 4.62. The van der Waals surface area contributed by atoms with Crippen LogP contribution in [0, 0.1) is 11.3 Å². The second-order valence-electron chi connectivity index (χ2n) is 6.85. The first kappa shape index (κ1) is 22.9. The van der Waals surface area contributed by atoms with E-state index in [2.05, 4.69) is 16.6 Å². The lowest BCUT2D eigenvalue weighted by molar-refractivity contribution is 0.0955. The molecule has 0 aromatic heterocycles. The normalized spacial score (nSPS) is 10.5. The quantitative estimate of drug-likeness (QED) is 0.354. The van der Waals surface area contributed by atoms with E-state index in [1.165, 1.54) is 6.21 Å². The van der Waals surface area contributed by atoms with E-state index in [1.807, 2.05) is 13.0 Å². The highest BCUT2D eigenvalue weighted by atomic mass is 35.5. The van der Waals surface area contributed by atoms with Gasteiger partial charge in [-0.1, -0.05) is 30.7 Å². The molecule has 0 aliphatic carbocycles. The molecular formula is C25H22ClN3O3. The number of hydrogen-bond acceptors (Lipinski definition) is 5. The first-order valence-corrected chi connectivity index (χ1v) is 10.4. The summed E-state index contributed by atoms with van der Waals surface area (Å²) < 4.78 is 11.4. The standard InChI is InChI=1S/C25H22ClN3O3/c1-2-12-31-23-9-6-20(7-10-23)25(30)29-28-16-21-14-22(26)8-11-24(21)32-17-19-5-3-4-18(13-19)15-27/h3-11,13-14,16H,2,12,17H2,1H3,(H,29,30)/b28-16-. The highest BCUT2D eigenvalue weighted by Crippen LogP contribution is 2.22. The van der Waals surface area contributed by atoms with Gasteiger partial charge in [0.05, 0.1) is 24.5 Å². The van der Waals surface area contributed by atoms with Crippen molar-refractivity contribution in [3.05, 3.63) is 94.0 Å². The molecule has 0 saturated heterocycles. The maximum Gasteiger partial charge on any atom is 0.271 e. The van der Waals surface area contributed by atoms with E-state index in [0.29, 0.717) is 39.8 Å². The monoisotopic (exact) mass is 447 g/mol. The Labute approximate surface area is 192 Å². The molecule has 0 bridgehead atoms. The van der Waals surface area contributed by atoms with Crippen molar-refractivity contribution in [3.63, 3.8) is 0 Å². The number of halogens is 1. The molecule has 0 aliphatic rings. The zero-order chi connectivity index (χ0) is 22.8. The number of rotatable bonds is 9. The molecule has 0 fully saturated rings. The smallest absolute Gasteiger partial charge is 0.271 e. The largest absolute Gasteiger partial charge is 0.494 e. The molecule has 0 radical (unpaired) electrons. The summed E-state index contributed by atoms with van der Waals surface area (Å²) >= 11 is 6.11. The Bertz CT molecular complexity index is 1140. The molecule has 0 atom stereocenters. The van der Waals surface area contributed by atoms with Crippen LogP contribution in [-0.4, -0.2) is 18.7 Å². The van der Waals surface area contributed by atoms with Crippen LogP contribution in [0.1, 0.15) is 40.4 Å². The Balaban J connectivity index is 1.64. The van der Waals surface area contributed by atoms with Crippen molar-refractivity contribution in [2.75, 3.05) is 6.61 Å². The average Bonchev–Trinajstić information content (AvgIpc) is 2.82. The van der Waals surface area contributed by atoms with Gasteiger partial charge in [0, 0.05) is 16.1 Å². The van der Waals surface area contributed by atoms with Crippen LogP contribution in [0.4, 0.5) is 0 Å². The van der Waals surface area contributed by atoms with Crippen LogP contribution in [-0.2, 0) is 6.61 Å². The van der Waals surface area contributed by atoms with E-state index in [4.69, 9.17) is 26.3 Å². The van der Waals surface area contributed by atoms with Gasteiger partial charge >= 0.3 is 0 Å². The molecule has 0 unspecified atom stereocenters. The van der Waals surface area contributed by atoms with E-state index in [1.54, 1.807) is 60.7 Å². The van der Waals surface area contributed by atoms with Crippen molar-refractivity contribution in [2.45, 2.75) is 20.0 Å². The number of benzene rings is 3. The Morgan fingerprint density at radius 1 is 1.12 bits per heavy atom. The molecule has 3 aromatic rings. The number of carbonyl (C=O) groups excluding carboxylic acids is 1. The summed E-state index contributed by atoms with van der Waals surface area (Å²) in [7, 11) is 0. The average molecular weight is 448 g/mol. The fourth-order valence-corrected chi connectivity index (χ4v) is 2.97. The molecule has 1 amide bonds. The lowest BCUT2D eigenvalue weighted by Crippen LogP contribution is -2.17. The van der Waals surface area contributed by atoms with Crippen LogP contribution >= 0.6 is 11.6 Å². The molecule has 0 heterocycles. The van der Waals surface area contributed by atoms with Crippen LogP contribution in [0.15, 0.2) is 71.8 Å². The summed E-state index contributed by atoms with van der Waals surface area (Å²) in [5.74, 6) is 0.918. The summed E-state index contributed by atoms with van der Waals surface area (Å²) in [6, 6.07) is 21.3. The number of nitriles is 1. The van der Waals surface area contributed by atoms with Gasteiger partial charge in [-0.05, 0) is 66.6 Å². The van der Waals surface area contributed by atoms with Gasteiger partial charge in [0.2, 0.25) is 0 Å². The number of nitrogens with one attached hydrogen (secondary N) is 1. The first-order chi connectivity index (χ1) is 15.6.